The van der Waals surface area contributed by atoms with Crippen molar-refractivity contribution in [2.75, 3.05) is 31.3 Å². The van der Waals surface area contributed by atoms with Gasteiger partial charge in [-0.25, -0.2) is 0 Å². The van der Waals surface area contributed by atoms with E-state index in [0.29, 0.717) is 24.4 Å². The fourth-order valence-electron chi connectivity index (χ4n) is 2.36. The Morgan fingerprint density at radius 3 is 2.50 bits per heavy atom. The molecule has 112 valence electrons. The molecule has 0 radical (unpaired) electrons. The molecule has 2 rings (SSSR count). The van der Waals surface area contributed by atoms with Crippen LogP contribution < -0.4 is 15.4 Å². The highest BCUT2D eigenvalue weighted by atomic mass is 16.5. The van der Waals surface area contributed by atoms with E-state index in [2.05, 4.69) is 32.5 Å². The van der Waals surface area contributed by atoms with Crippen LogP contribution in [0.3, 0.4) is 0 Å². The molecular weight excluding hydrogens is 258 g/mol. The van der Waals surface area contributed by atoms with Gasteiger partial charge in [0.05, 0.1) is 12.7 Å². The Bertz CT molecular complexity index is 424. The predicted molar refractivity (Wildman–Crippen MR) is 77.0 cm³/mol. The Kier molecular flexibility index (Phi) is 4.59. The van der Waals surface area contributed by atoms with Gasteiger partial charge in [-0.3, -0.25) is 0 Å². The fraction of sp³-hybridized carbons (Fsp3) is 0.769. The van der Waals surface area contributed by atoms with Crippen LogP contribution in [-0.2, 0) is 0 Å². The number of rotatable bonds is 5. The van der Waals surface area contributed by atoms with Crippen molar-refractivity contribution < 1.29 is 9.84 Å². The predicted octanol–water partition coefficient (Wildman–Crippen LogP) is 1.27. The zero-order valence-electron chi connectivity index (χ0n) is 12.3. The van der Waals surface area contributed by atoms with Crippen molar-refractivity contribution in [2.45, 2.75) is 38.2 Å². The van der Waals surface area contributed by atoms with E-state index in [0.717, 1.165) is 25.7 Å². The van der Waals surface area contributed by atoms with Crippen molar-refractivity contribution in [1.82, 2.24) is 15.0 Å². The molecule has 1 aromatic heterocycles. The molecule has 1 saturated carbocycles. The van der Waals surface area contributed by atoms with Gasteiger partial charge < -0.3 is 20.5 Å². The number of aromatic nitrogens is 3. The van der Waals surface area contributed by atoms with E-state index in [4.69, 9.17) is 4.74 Å². The molecule has 1 aromatic rings. The Morgan fingerprint density at radius 1 is 1.25 bits per heavy atom. The first-order valence-corrected chi connectivity index (χ1v) is 6.99. The van der Waals surface area contributed by atoms with E-state index in [-0.39, 0.29) is 6.01 Å². The maximum absolute atomic E-state index is 10.5. The van der Waals surface area contributed by atoms with E-state index in [9.17, 15) is 5.11 Å². The lowest BCUT2D eigenvalue weighted by Gasteiger charge is -2.34. The summed E-state index contributed by atoms with van der Waals surface area (Å²) < 4.78 is 5.02. The van der Waals surface area contributed by atoms with E-state index in [1.807, 2.05) is 0 Å². The summed E-state index contributed by atoms with van der Waals surface area (Å²) in [6.45, 7) is 2.67. The molecule has 0 atom stereocenters. The van der Waals surface area contributed by atoms with E-state index < -0.39 is 5.60 Å². The number of hydrogen-bond acceptors (Lipinski definition) is 7. The van der Waals surface area contributed by atoms with Crippen molar-refractivity contribution in [3.05, 3.63) is 0 Å². The summed E-state index contributed by atoms with van der Waals surface area (Å²) >= 11 is 0. The minimum absolute atomic E-state index is 0.246. The van der Waals surface area contributed by atoms with Crippen LogP contribution in [0.5, 0.6) is 6.01 Å². The highest BCUT2D eigenvalue weighted by Gasteiger charge is 2.31. The summed E-state index contributed by atoms with van der Waals surface area (Å²) in [7, 11) is 3.24. The van der Waals surface area contributed by atoms with E-state index in [1.54, 1.807) is 7.05 Å². The molecule has 0 amide bonds. The quantitative estimate of drug-likeness (QED) is 0.748. The summed E-state index contributed by atoms with van der Waals surface area (Å²) in [6.07, 6.45) is 3.73. The Labute approximate surface area is 119 Å². The first kappa shape index (κ1) is 14.8. The zero-order chi connectivity index (χ0) is 14.6. The van der Waals surface area contributed by atoms with Crippen molar-refractivity contribution in [3.63, 3.8) is 0 Å². The van der Waals surface area contributed by atoms with Crippen LogP contribution in [0.2, 0.25) is 0 Å². The van der Waals surface area contributed by atoms with Gasteiger partial charge in [0.1, 0.15) is 0 Å². The average molecular weight is 281 g/mol. The van der Waals surface area contributed by atoms with Gasteiger partial charge >= 0.3 is 6.01 Å². The molecule has 0 saturated heterocycles. The smallest absolute Gasteiger partial charge is 0.322 e. The molecule has 20 heavy (non-hydrogen) atoms. The third-order valence-corrected chi connectivity index (χ3v) is 3.80. The Morgan fingerprint density at radius 2 is 1.90 bits per heavy atom. The fourth-order valence-corrected chi connectivity index (χ4v) is 2.36. The highest BCUT2D eigenvalue weighted by molar-refractivity contribution is 5.35. The molecule has 0 bridgehead atoms. The monoisotopic (exact) mass is 281 g/mol. The number of anilines is 2. The van der Waals surface area contributed by atoms with Gasteiger partial charge in [-0.05, 0) is 31.6 Å². The minimum Gasteiger partial charge on any atom is -0.467 e. The van der Waals surface area contributed by atoms with Crippen LogP contribution in [0.1, 0.15) is 32.6 Å². The van der Waals surface area contributed by atoms with Crippen LogP contribution in [0.4, 0.5) is 11.9 Å². The first-order chi connectivity index (χ1) is 9.54. The second-order valence-corrected chi connectivity index (χ2v) is 5.48. The summed E-state index contributed by atoms with van der Waals surface area (Å²) in [5.74, 6) is 1.54. The molecule has 1 fully saturated rings. The lowest BCUT2D eigenvalue weighted by molar-refractivity contribution is 0.00486. The molecular formula is C13H23N5O2. The third kappa shape index (κ3) is 3.69. The van der Waals surface area contributed by atoms with Crippen molar-refractivity contribution in [3.8, 4) is 6.01 Å². The first-order valence-electron chi connectivity index (χ1n) is 6.99. The Hall–Kier alpha value is -1.63. The van der Waals surface area contributed by atoms with Crippen molar-refractivity contribution in [2.24, 2.45) is 5.92 Å². The molecule has 7 heteroatoms. The van der Waals surface area contributed by atoms with Gasteiger partial charge in [0, 0.05) is 13.6 Å². The van der Waals surface area contributed by atoms with Gasteiger partial charge in [0.2, 0.25) is 11.9 Å². The van der Waals surface area contributed by atoms with Gasteiger partial charge in [0.25, 0.3) is 0 Å². The largest absolute Gasteiger partial charge is 0.467 e. The highest BCUT2D eigenvalue weighted by Crippen LogP contribution is 2.31. The molecule has 1 aliphatic carbocycles. The topological polar surface area (TPSA) is 92.2 Å². The summed E-state index contributed by atoms with van der Waals surface area (Å²) in [5.41, 5.74) is -0.674. The molecule has 1 heterocycles. The standard InChI is InChI=1S/C13H23N5O2/c1-9-4-6-13(19,7-5-9)8-15-11-16-10(14-2)17-12(18-11)20-3/h9,19H,4-8H2,1-3H3,(H2,14,15,16,17,18). The van der Waals surface area contributed by atoms with Gasteiger partial charge in [-0.15, -0.1) is 0 Å². The van der Waals surface area contributed by atoms with Crippen LogP contribution in [0.15, 0.2) is 0 Å². The summed E-state index contributed by atoms with van der Waals surface area (Å²) in [4.78, 5) is 12.4. The average Bonchev–Trinajstić information content (AvgIpc) is 2.48. The normalized spacial score (nSPS) is 26.1. The van der Waals surface area contributed by atoms with Gasteiger partial charge in [0.15, 0.2) is 0 Å². The number of aliphatic hydroxyl groups is 1. The molecule has 0 spiro atoms. The van der Waals surface area contributed by atoms with Gasteiger partial charge in [-0.1, -0.05) is 6.92 Å². The molecule has 0 aromatic carbocycles. The lowest BCUT2D eigenvalue weighted by atomic mass is 9.79. The number of methoxy groups -OCH3 is 1. The number of ether oxygens (including phenoxy) is 1. The van der Waals surface area contributed by atoms with Crippen molar-refractivity contribution in [1.29, 1.82) is 0 Å². The lowest BCUT2D eigenvalue weighted by Crippen LogP contribution is -2.40. The third-order valence-electron chi connectivity index (χ3n) is 3.80. The number of hydrogen-bond donors (Lipinski definition) is 3. The van der Waals surface area contributed by atoms with Crippen LogP contribution in [0, 0.1) is 5.92 Å². The molecule has 7 nitrogen and oxygen atoms in total. The maximum Gasteiger partial charge on any atom is 0.322 e. The number of nitrogens with zero attached hydrogens (tertiary/aromatic N) is 3. The van der Waals surface area contributed by atoms with Crippen LogP contribution in [-0.4, -0.2) is 46.4 Å². The second-order valence-electron chi connectivity index (χ2n) is 5.48. The zero-order valence-corrected chi connectivity index (χ0v) is 12.3. The molecule has 1 aliphatic rings. The Balaban J connectivity index is 1.99. The van der Waals surface area contributed by atoms with Crippen molar-refractivity contribution >= 4 is 11.9 Å². The SMILES string of the molecule is CNc1nc(NCC2(O)CCC(C)CC2)nc(OC)n1. The minimum atomic E-state index is -0.674. The molecule has 3 N–H and O–H groups in total. The summed E-state index contributed by atoms with van der Waals surface area (Å²) in [5, 5.41) is 16.5. The van der Waals surface area contributed by atoms with E-state index >= 15 is 0 Å². The van der Waals surface area contributed by atoms with Crippen LogP contribution >= 0.6 is 0 Å². The second kappa shape index (κ2) is 6.21. The molecule has 0 aliphatic heterocycles. The van der Waals surface area contributed by atoms with Crippen LogP contribution in [0.25, 0.3) is 0 Å². The summed E-state index contributed by atoms with van der Waals surface area (Å²) in [6, 6.07) is 0.246. The van der Waals surface area contributed by atoms with E-state index in [1.165, 1.54) is 7.11 Å². The molecule has 0 unspecified atom stereocenters. The maximum atomic E-state index is 10.5. The number of nitrogens with one attached hydrogen (secondary N) is 2. The van der Waals surface area contributed by atoms with Gasteiger partial charge in [-0.2, -0.15) is 15.0 Å².